The van der Waals surface area contributed by atoms with Crippen molar-refractivity contribution in [2.24, 2.45) is 0 Å². The first-order valence-electron chi connectivity index (χ1n) is 5.61. The molecule has 0 aliphatic heterocycles. The van der Waals surface area contributed by atoms with E-state index in [2.05, 4.69) is 64.1 Å². The molecule has 0 aliphatic rings. The lowest BCUT2D eigenvalue weighted by atomic mass is 10.2. The van der Waals surface area contributed by atoms with Gasteiger partial charge in [0.1, 0.15) is 0 Å². The number of aryl methyl sites for hydroxylation is 1. The van der Waals surface area contributed by atoms with E-state index in [9.17, 15) is 0 Å². The molecular formula is C14H11IN2S. The third-order valence-electron chi connectivity index (χ3n) is 2.72. The van der Waals surface area contributed by atoms with Crippen LogP contribution in [0.5, 0.6) is 0 Å². The Morgan fingerprint density at radius 1 is 1.17 bits per heavy atom. The smallest absolute Gasteiger partial charge is 0.188 e. The number of benzene rings is 2. The van der Waals surface area contributed by atoms with Gasteiger partial charge in [0, 0.05) is 9.26 Å². The van der Waals surface area contributed by atoms with Crippen LogP contribution in [0.1, 0.15) is 5.56 Å². The maximum absolute atomic E-state index is 4.57. The molecule has 1 heterocycles. The molecule has 0 bridgehead atoms. The van der Waals surface area contributed by atoms with Gasteiger partial charge in [-0.15, -0.1) is 0 Å². The maximum Gasteiger partial charge on any atom is 0.188 e. The Balaban J connectivity index is 1.93. The number of hydrogen-bond donors (Lipinski definition) is 1. The largest absolute Gasteiger partial charge is 0.331 e. The average molecular weight is 366 g/mol. The molecule has 90 valence electrons. The standard InChI is InChI=1S/C14H11IN2S/c1-9-6-7-10(8-11(9)15)16-14-17-12-4-2-3-5-13(12)18-14/h2-8H,1H3,(H,16,17). The molecule has 18 heavy (non-hydrogen) atoms. The lowest BCUT2D eigenvalue weighted by Gasteiger charge is -2.04. The zero-order valence-electron chi connectivity index (χ0n) is 9.77. The van der Waals surface area contributed by atoms with E-state index < -0.39 is 0 Å². The molecule has 2 aromatic carbocycles. The number of para-hydroxylation sites is 1. The van der Waals surface area contributed by atoms with E-state index in [1.165, 1.54) is 13.8 Å². The van der Waals surface area contributed by atoms with E-state index in [1.807, 2.05) is 18.2 Å². The maximum atomic E-state index is 4.57. The van der Waals surface area contributed by atoms with Crippen LogP contribution in [-0.4, -0.2) is 4.98 Å². The van der Waals surface area contributed by atoms with Gasteiger partial charge in [0.25, 0.3) is 0 Å². The van der Waals surface area contributed by atoms with E-state index in [1.54, 1.807) is 11.3 Å². The molecule has 3 rings (SSSR count). The minimum absolute atomic E-state index is 0.941. The first-order valence-corrected chi connectivity index (χ1v) is 7.51. The van der Waals surface area contributed by atoms with Gasteiger partial charge in [-0.2, -0.15) is 0 Å². The SMILES string of the molecule is Cc1ccc(Nc2nc3ccccc3s2)cc1I. The summed E-state index contributed by atoms with van der Waals surface area (Å²) in [5.41, 5.74) is 3.43. The summed E-state index contributed by atoms with van der Waals surface area (Å²) in [6.07, 6.45) is 0. The highest BCUT2D eigenvalue weighted by Gasteiger charge is 2.04. The molecule has 0 fully saturated rings. The first kappa shape index (κ1) is 11.9. The summed E-state index contributed by atoms with van der Waals surface area (Å²) in [5, 5.41) is 4.30. The highest BCUT2D eigenvalue weighted by atomic mass is 127. The second-order valence-electron chi connectivity index (χ2n) is 4.08. The first-order chi connectivity index (χ1) is 8.72. The summed E-state index contributed by atoms with van der Waals surface area (Å²) in [7, 11) is 0. The number of aromatic nitrogens is 1. The molecule has 1 N–H and O–H groups in total. The van der Waals surface area contributed by atoms with E-state index in [0.717, 1.165) is 16.3 Å². The number of anilines is 2. The summed E-state index contributed by atoms with van der Waals surface area (Å²) in [6.45, 7) is 2.11. The number of rotatable bonds is 2. The monoisotopic (exact) mass is 366 g/mol. The van der Waals surface area contributed by atoms with Gasteiger partial charge in [0.05, 0.1) is 10.2 Å². The van der Waals surface area contributed by atoms with Crippen molar-refractivity contribution < 1.29 is 0 Å². The molecule has 0 spiro atoms. The number of fused-ring (bicyclic) bond motifs is 1. The number of nitrogens with zero attached hydrogens (tertiary/aromatic N) is 1. The zero-order chi connectivity index (χ0) is 12.5. The number of nitrogens with one attached hydrogen (secondary N) is 1. The van der Waals surface area contributed by atoms with Crippen molar-refractivity contribution in [2.45, 2.75) is 6.92 Å². The van der Waals surface area contributed by atoms with E-state index >= 15 is 0 Å². The fraction of sp³-hybridized carbons (Fsp3) is 0.0714. The quantitative estimate of drug-likeness (QED) is 0.649. The average Bonchev–Trinajstić information content (AvgIpc) is 2.76. The van der Waals surface area contributed by atoms with E-state index in [4.69, 9.17) is 0 Å². The molecule has 0 radical (unpaired) electrons. The number of hydrogen-bond acceptors (Lipinski definition) is 3. The lowest BCUT2D eigenvalue weighted by molar-refractivity contribution is 1.40. The van der Waals surface area contributed by atoms with Crippen LogP contribution in [0.3, 0.4) is 0 Å². The summed E-state index contributed by atoms with van der Waals surface area (Å²) < 4.78 is 2.47. The van der Waals surface area contributed by atoms with Gasteiger partial charge in [-0.05, 0) is 59.3 Å². The fourth-order valence-corrected chi connectivity index (χ4v) is 3.12. The van der Waals surface area contributed by atoms with Crippen LogP contribution in [0.25, 0.3) is 10.2 Å². The molecule has 0 saturated carbocycles. The number of halogens is 1. The topological polar surface area (TPSA) is 24.9 Å². The highest BCUT2D eigenvalue weighted by molar-refractivity contribution is 14.1. The zero-order valence-corrected chi connectivity index (χ0v) is 12.7. The Bertz CT molecular complexity index is 673. The van der Waals surface area contributed by atoms with Crippen LogP contribution in [0, 0.1) is 10.5 Å². The van der Waals surface area contributed by atoms with Crippen molar-refractivity contribution >= 4 is 55.0 Å². The van der Waals surface area contributed by atoms with Crippen molar-refractivity contribution in [1.82, 2.24) is 4.98 Å². The molecule has 1 aromatic heterocycles. The van der Waals surface area contributed by atoms with Crippen molar-refractivity contribution in [3.63, 3.8) is 0 Å². The van der Waals surface area contributed by atoms with Crippen LogP contribution in [0.15, 0.2) is 42.5 Å². The summed E-state index contributed by atoms with van der Waals surface area (Å²) >= 11 is 4.03. The number of thiazole rings is 1. The molecule has 0 amide bonds. The molecule has 3 aromatic rings. The van der Waals surface area contributed by atoms with E-state index in [-0.39, 0.29) is 0 Å². The third kappa shape index (κ3) is 2.35. The molecule has 0 aliphatic carbocycles. The Hall–Kier alpha value is -1.14. The Kier molecular flexibility index (Phi) is 3.22. The van der Waals surface area contributed by atoms with Gasteiger partial charge >= 0.3 is 0 Å². The van der Waals surface area contributed by atoms with Crippen molar-refractivity contribution in [3.05, 3.63) is 51.6 Å². The molecule has 0 unspecified atom stereocenters. The second-order valence-corrected chi connectivity index (χ2v) is 6.27. The Morgan fingerprint density at radius 2 is 2.00 bits per heavy atom. The molecule has 4 heteroatoms. The summed E-state index contributed by atoms with van der Waals surface area (Å²) in [4.78, 5) is 4.57. The lowest BCUT2D eigenvalue weighted by Crippen LogP contribution is -1.90. The van der Waals surface area contributed by atoms with Gasteiger partial charge in [0.15, 0.2) is 5.13 Å². The van der Waals surface area contributed by atoms with Crippen LogP contribution < -0.4 is 5.32 Å². The van der Waals surface area contributed by atoms with Crippen LogP contribution in [-0.2, 0) is 0 Å². The van der Waals surface area contributed by atoms with Gasteiger partial charge in [0.2, 0.25) is 0 Å². The van der Waals surface area contributed by atoms with Crippen molar-refractivity contribution in [3.8, 4) is 0 Å². The van der Waals surface area contributed by atoms with Crippen LogP contribution in [0.2, 0.25) is 0 Å². The second kappa shape index (κ2) is 4.85. The fourth-order valence-electron chi connectivity index (χ4n) is 1.72. The minimum Gasteiger partial charge on any atom is -0.331 e. The third-order valence-corrected chi connectivity index (χ3v) is 4.83. The summed E-state index contributed by atoms with van der Waals surface area (Å²) in [5.74, 6) is 0. The summed E-state index contributed by atoms with van der Waals surface area (Å²) in [6, 6.07) is 14.5. The molecule has 0 saturated heterocycles. The molecule has 2 nitrogen and oxygen atoms in total. The van der Waals surface area contributed by atoms with Gasteiger partial charge in [-0.1, -0.05) is 29.5 Å². The van der Waals surface area contributed by atoms with Gasteiger partial charge < -0.3 is 5.32 Å². The molecule has 0 atom stereocenters. The predicted octanol–water partition coefficient (Wildman–Crippen LogP) is 4.95. The Labute approximate surface area is 123 Å². The highest BCUT2D eigenvalue weighted by Crippen LogP contribution is 2.28. The predicted molar refractivity (Wildman–Crippen MR) is 86.8 cm³/mol. The normalized spacial score (nSPS) is 10.8. The van der Waals surface area contributed by atoms with E-state index in [0.29, 0.717) is 0 Å². The van der Waals surface area contributed by atoms with Gasteiger partial charge in [-0.25, -0.2) is 4.98 Å². The Morgan fingerprint density at radius 3 is 2.78 bits per heavy atom. The van der Waals surface area contributed by atoms with Gasteiger partial charge in [-0.3, -0.25) is 0 Å². The van der Waals surface area contributed by atoms with Crippen LogP contribution >= 0.6 is 33.9 Å². The molecular weight excluding hydrogens is 355 g/mol. The van der Waals surface area contributed by atoms with Crippen LogP contribution in [0.4, 0.5) is 10.8 Å². The van der Waals surface area contributed by atoms with Crippen molar-refractivity contribution in [2.75, 3.05) is 5.32 Å². The van der Waals surface area contributed by atoms with Crippen molar-refractivity contribution in [1.29, 1.82) is 0 Å². The minimum atomic E-state index is 0.941.